The van der Waals surface area contributed by atoms with Crippen LogP contribution in [-0.4, -0.2) is 36.6 Å². The number of cyclic esters (lactones) is 1. The van der Waals surface area contributed by atoms with E-state index in [9.17, 15) is 27.2 Å². The van der Waals surface area contributed by atoms with Crippen molar-refractivity contribution in [1.29, 1.82) is 0 Å². The van der Waals surface area contributed by atoms with E-state index in [-0.39, 0.29) is 6.61 Å². The quantitative estimate of drug-likeness (QED) is 0.499. The molecular formula is C17H17F4NO4. The van der Waals surface area contributed by atoms with Crippen LogP contribution in [0.5, 0.6) is 0 Å². The average molecular weight is 375 g/mol. The number of esters is 1. The van der Waals surface area contributed by atoms with Gasteiger partial charge in [-0.25, -0.2) is 18.4 Å². The molecule has 26 heavy (non-hydrogen) atoms. The topological polar surface area (TPSA) is 64.6 Å². The second kappa shape index (κ2) is 8.20. The first-order chi connectivity index (χ1) is 12.2. The summed E-state index contributed by atoms with van der Waals surface area (Å²) >= 11 is 0. The van der Waals surface area contributed by atoms with Gasteiger partial charge in [-0.1, -0.05) is 42.5 Å². The molecule has 0 fully saturated rings. The minimum Gasteiger partial charge on any atom is -0.459 e. The molecule has 1 aromatic carbocycles. The summed E-state index contributed by atoms with van der Waals surface area (Å²) in [5.41, 5.74) is 0.634. The van der Waals surface area contributed by atoms with Crippen LogP contribution in [0.15, 0.2) is 42.5 Å². The van der Waals surface area contributed by atoms with Crippen LogP contribution in [0.2, 0.25) is 0 Å². The van der Waals surface area contributed by atoms with E-state index in [0.717, 1.165) is 12.2 Å². The highest BCUT2D eigenvalue weighted by atomic mass is 19.3. The van der Waals surface area contributed by atoms with Crippen molar-refractivity contribution in [3.63, 3.8) is 0 Å². The lowest BCUT2D eigenvalue weighted by Crippen LogP contribution is -2.51. The lowest BCUT2D eigenvalue weighted by molar-refractivity contribution is -0.175. The van der Waals surface area contributed by atoms with Crippen molar-refractivity contribution in [2.45, 2.75) is 37.3 Å². The summed E-state index contributed by atoms with van der Waals surface area (Å²) in [6.07, 6.45) is -1.48. The second-order valence-electron chi connectivity index (χ2n) is 5.70. The monoisotopic (exact) mass is 375 g/mol. The fourth-order valence-electron chi connectivity index (χ4n) is 2.14. The van der Waals surface area contributed by atoms with Gasteiger partial charge in [0.25, 0.3) is 5.92 Å². The Morgan fingerprint density at radius 1 is 1.15 bits per heavy atom. The molecule has 0 saturated heterocycles. The number of allylic oxidation sites excluding steroid dienone is 2. The van der Waals surface area contributed by atoms with Crippen LogP contribution in [0.4, 0.5) is 22.4 Å². The largest absolute Gasteiger partial charge is 0.459 e. The molecule has 2 rings (SSSR count). The van der Waals surface area contributed by atoms with Gasteiger partial charge in [0.05, 0.1) is 0 Å². The van der Waals surface area contributed by atoms with Crippen molar-refractivity contribution >= 4 is 12.1 Å². The molecule has 142 valence electrons. The van der Waals surface area contributed by atoms with E-state index < -0.39 is 49.4 Å². The molecule has 0 aromatic heterocycles. The number of carbonyl (C=O) groups excluding carboxylic acids is 2. The highest BCUT2D eigenvalue weighted by Gasteiger charge is 2.45. The van der Waals surface area contributed by atoms with Crippen LogP contribution < -0.4 is 5.32 Å². The molecule has 0 unspecified atom stereocenters. The molecule has 1 heterocycles. The second-order valence-corrected chi connectivity index (χ2v) is 5.70. The molecule has 0 bridgehead atoms. The summed E-state index contributed by atoms with van der Waals surface area (Å²) in [5.74, 6) is -9.26. The average Bonchev–Trinajstić information content (AvgIpc) is 2.60. The number of benzene rings is 1. The first-order valence-electron chi connectivity index (χ1n) is 7.76. The van der Waals surface area contributed by atoms with Crippen LogP contribution in [0.25, 0.3) is 0 Å². The Hall–Kier alpha value is -2.58. The molecule has 0 aliphatic carbocycles. The number of hydrogen-bond acceptors (Lipinski definition) is 4. The van der Waals surface area contributed by atoms with Gasteiger partial charge in [0.2, 0.25) is 0 Å². The summed E-state index contributed by atoms with van der Waals surface area (Å²) in [6, 6.07) is 6.49. The first-order valence-corrected chi connectivity index (χ1v) is 7.76. The van der Waals surface area contributed by atoms with Gasteiger partial charge in [0, 0.05) is 12.8 Å². The van der Waals surface area contributed by atoms with Gasteiger partial charge in [0.1, 0.15) is 19.3 Å². The number of alkyl halides is 4. The van der Waals surface area contributed by atoms with Crippen LogP contribution in [0.1, 0.15) is 18.4 Å². The summed E-state index contributed by atoms with van der Waals surface area (Å²) in [5, 5.41) is 1.88. The lowest BCUT2D eigenvalue weighted by Gasteiger charge is -2.27. The Bertz CT molecular complexity index is 664. The Morgan fingerprint density at radius 3 is 2.50 bits per heavy atom. The molecule has 1 aromatic rings. The van der Waals surface area contributed by atoms with E-state index in [1.54, 1.807) is 30.3 Å². The summed E-state index contributed by atoms with van der Waals surface area (Å²) in [6.45, 7) is -1.27. The van der Waals surface area contributed by atoms with Gasteiger partial charge < -0.3 is 14.8 Å². The number of nitrogens with one attached hydrogen (secondary N) is 1. The zero-order valence-electron chi connectivity index (χ0n) is 13.6. The van der Waals surface area contributed by atoms with Gasteiger partial charge >= 0.3 is 18.0 Å². The molecule has 9 heteroatoms. The Kier molecular flexibility index (Phi) is 6.23. The van der Waals surface area contributed by atoms with Crippen LogP contribution in [0.3, 0.4) is 0 Å². The van der Waals surface area contributed by atoms with Gasteiger partial charge in [-0.2, -0.15) is 8.78 Å². The summed E-state index contributed by atoms with van der Waals surface area (Å²) in [7, 11) is 0. The highest BCUT2D eigenvalue weighted by Crippen LogP contribution is 2.28. The standard InChI is InChI=1S/C17H17F4NO4/c18-16(19)8-4-5-9-17(20,21)14(23)25-11-13(16)22-15(24)26-10-12-6-2-1-3-7-12/h1-7,13H,8-11H2,(H,22,24)/b5-4-/t13-/m0/s1. The predicted molar refractivity (Wildman–Crippen MR) is 82.8 cm³/mol. The van der Waals surface area contributed by atoms with E-state index in [2.05, 4.69) is 4.74 Å². The molecule has 1 aliphatic heterocycles. The van der Waals surface area contributed by atoms with Gasteiger partial charge in [-0.05, 0) is 5.56 Å². The lowest BCUT2D eigenvalue weighted by atomic mass is 10.1. The molecule has 1 aliphatic rings. The maximum Gasteiger partial charge on any atom is 0.408 e. The Labute approximate surface area is 147 Å². The van der Waals surface area contributed by atoms with Crippen molar-refractivity contribution in [3.05, 3.63) is 48.0 Å². The van der Waals surface area contributed by atoms with E-state index >= 15 is 0 Å². The summed E-state index contributed by atoms with van der Waals surface area (Å²) in [4.78, 5) is 23.1. The molecular weight excluding hydrogens is 358 g/mol. The molecule has 1 atom stereocenters. The molecule has 1 amide bonds. The van der Waals surface area contributed by atoms with Crippen LogP contribution in [-0.2, 0) is 20.9 Å². The van der Waals surface area contributed by atoms with Gasteiger partial charge in [0.15, 0.2) is 0 Å². The van der Waals surface area contributed by atoms with Crippen molar-refractivity contribution < 1.29 is 36.6 Å². The van der Waals surface area contributed by atoms with E-state index in [1.807, 2.05) is 5.32 Å². The third-order valence-electron chi connectivity index (χ3n) is 3.63. The zero-order chi connectivity index (χ0) is 19.2. The minimum absolute atomic E-state index is 0.164. The Balaban J connectivity index is 2.01. The van der Waals surface area contributed by atoms with Crippen molar-refractivity contribution in [2.75, 3.05) is 6.61 Å². The third-order valence-corrected chi connectivity index (χ3v) is 3.63. The van der Waals surface area contributed by atoms with Crippen molar-refractivity contribution in [2.24, 2.45) is 0 Å². The normalized spacial score (nSPS) is 23.4. The van der Waals surface area contributed by atoms with E-state index in [0.29, 0.717) is 5.56 Å². The third kappa shape index (κ3) is 5.47. The maximum atomic E-state index is 14.2. The minimum atomic E-state index is -3.82. The van der Waals surface area contributed by atoms with Crippen LogP contribution >= 0.6 is 0 Å². The number of ether oxygens (including phenoxy) is 2. The summed E-state index contributed by atoms with van der Waals surface area (Å²) < 4.78 is 64.3. The molecule has 1 N–H and O–H groups in total. The van der Waals surface area contributed by atoms with Gasteiger partial charge in [-0.3, -0.25) is 0 Å². The number of carbonyl (C=O) groups is 2. The number of hydrogen-bond donors (Lipinski definition) is 1. The fraction of sp³-hybridized carbons (Fsp3) is 0.412. The zero-order valence-corrected chi connectivity index (χ0v) is 13.6. The first kappa shape index (κ1) is 19.7. The van der Waals surface area contributed by atoms with Crippen LogP contribution in [0, 0.1) is 0 Å². The molecule has 0 saturated carbocycles. The number of amides is 1. The van der Waals surface area contributed by atoms with Crippen molar-refractivity contribution in [1.82, 2.24) is 5.32 Å². The SMILES string of the molecule is O=C(N[C@H]1COC(=O)C(F)(F)C/C=C\CC1(F)F)OCc1ccccc1. The number of rotatable bonds is 3. The van der Waals surface area contributed by atoms with Crippen molar-refractivity contribution in [3.8, 4) is 0 Å². The molecule has 5 nitrogen and oxygen atoms in total. The maximum absolute atomic E-state index is 14.2. The predicted octanol–water partition coefficient (Wildman–Crippen LogP) is 3.45. The van der Waals surface area contributed by atoms with E-state index in [1.165, 1.54) is 0 Å². The van der Waals surface area contributed by atoms with E-state index in [4.69, 9.17) is 4.74 Å². The fourth-order valence-corrected chi connectivity index (χ4v) is 2.14. The van der Waals surface area contributed by atoms with Gasteiger partial charge in [-0.15, -0.1) is 0 Å². The smallest absolute Gasteiger partial charge is 0.408 e. The Morgan fingerprint density at radius 2 is 1.81 bits per heavy atom. The number of halogens is 4. The molecule has 0 radical (unpaired) electrons. The number of alkyl carbamates (subject to hydrolysis) is 1. The molecule has 0 spiro atoms. The highest BCUT2D eigenvalue weighted by molar-refractivity contribution is 5.77.